The molecule has 1 aliphatic heterocycles. The predicted octanol–water partition coefficient (Wildman–Crippen LogP) is 0.742. The molecular formula is C8H9N3O2S3. The standard InChI is InChI=1S/C8H9N3O2S3/c12-16(13)4-1-6(5-16)10-7(14)11-8-9-2-3-15-8/h1-3H,4-5H2,(H2,9,10,11,14). The zero-order chi connectivity index (χ0) is 11.6. The molecule has 0 bridgehead atoms. The lowest BCUT2D eigenvalue weighted by Gasteiger charge is -2.07. The molecule has 0 fully saturated rings. The number of sulfone groups is 1. The first-order valence-electron chi connectivity index (χ1n) is 4.42. The minimum Gasteiger partial charge on any atom is -0.335 e. The van der Waals surface area contributed by atoms with Crippen LogP contribution in [0.1, 0.15) is 0 Å². The van der Waals surface area contributed by atoms with Crippen LogP contribution < -0.4 is 10.6 Å². The molecule has 0 saturated carbocycles. The molecule has 0 aromatic carbocycles. The van der Waals surface area contributed by atoms with E-state index in [9.17, 15) is 8.42 Å². The maximum Gasteiger partial charge on any atom is 0.188 e. The zero-order valence-corrected chi connectivity index (χ0v) is 10.6. The van der Waals surface area contributed by atoms with E-state index in [0.717, 1.165) is 0 Å². The number of thiocarbonyl (C=S) groups is 1. The molecule has 0 unspecified atom stereocenters. The van der Waals surface area contributed by atoms with Crippen molar-refractivity contribution in [3.05, 3.63) is 23.3 Å². The van der Waals surface area contributed by atoms with Crippen LogP contribution in [0.3, 0.4) is 0 Å². The summed E-state index contributed by atoms with van der Waals surface area (Å²) in [5, 5.41) is 8.57. The molecule has 0 radical (unpaired) electrons. The van der Waals surface area contributed by atoms with Gasteiger partial charge in [-0.3, -0.25) is 0 Å². The van der Waals surface area contributed by atoms with Gasteiger partial charge in [-0.1, -0.05) is 0 Å². The van der Waals surface area contributed by atoms with E-state index in [2.05, 4.69) is 15.6 Å². The van der Waals surface area contributed by atoms with Crippen molar-refractivity contribution in [3.8, 4) is 0 Å². The molecule has 2 N–H and O–H groups in total. The smallest absolute Gasteiger partial charge is 0.188 e. The summed E-state index contributed by atoms with van der Waals surface area (Å²) in [7, 11) is -2.96. The lowest BCUT2D eigenvalue weighted by molar-refractivity contribution is 0.603. The van der Waals surface area contributed by atoms with Gasteiger partial charge in [-0.25, -0.2) is 13.4 Å². The molecule has 2 rings (SSSR count). The van der Waals surface area contributed by atoms with Gasteiger partial charge >= 0.3 is 0 Å². The topological polar surface area (TPSA) is 71.1 Å². The SMILES string of the molecule is O=S1(=O)CC=C(NC(=S)Nc2nccs2)C1. The maximum absolute atomic E-state index is 11.2. The third-order valence-corrected chi connectivity index (χ3v) is 4.20. The summed E-state index contributed by atoms with van der Waals surface area (Å²) in [4.78, 5) is 4.00. The Kier molecular flexibility index (Phi) is 3.22. The highest BCUT2D eigenvalue weighted by atomic mass is 32.2. The summed E-state index contributed by atoms with van der Waals surface area (Å²) in [6.45, 7) is 0. The van der Waals surface area contributed by atoms with Crippen molar-refractivity contribution in [3.63, 3.8) is 0 Å². The van der Waals surface area contributed by atoms with Crippen LogP contribution in [0.2, 0.25) is 0 Å². The maximum atomic E-state index is 11.2. The molecule has 1 aromatic rings. The molecule has 0 spiro atoms. The van der Waals surface area contributed by atoms with Crippen LogP contribution >= 0.6 is 23.6 Å². The van der Waals surface area contributed by atoms with Gasteiger partial charge in [0.2, 0.25) is 0 Å². The molecule has 0 amide bonds. The quantitative estimate of drug-likeness (QED) is 0.776. The fourth-order valence-corrected chi connectivity index (χ4v) is 3.29. The highest BCUT2D eigenvalue weighted by molar-refractivity contribution is 7.92. The Morgan fingerprint density at radius 1 is 1.50 bits per heavy atom. The van der Waals surface area contributed by atoms with Crippen molar-refractivity contribution in [2.24, 2.45) is 0 Å². The van der Waals surface area contributed by atoms with E-state index in [-0.39, 0.29) is 11.5 Å². The zero-order valence-electron chi connectivity index (χ0n) is 8.13. The molecule has 1 aromatic heterocycles. The van der Waals surface area contributed by atoms with Gasteiger partial charge in [-0.2, -0.15) is 0 Å². The van der Waals surface area contributed by atoms with Gasteiger partial charge in [0.25, 0.3) is 0 Å². The summed E-state index contributed by atoms with van der Waals surface area (Å²) in [6, 6.07) is 0. The molecular weight excluding hydrogens is 266 g/mol. The Hall–Kier alpha value is -0.990. The molecule has 0 aliphatic carbocycles. The molecule has 2 heterocycles. The average Bonchev–Trinajstić information content (AvgIpc) is 2.76. The number of nitrogens with one attached hydrogen (secondary N) is 2. The minimum absolute atomic E-state index is 0.0205. The summed E-state index contributed by atoms with van der Waals surface area (Å²) >= 11 is 6.44. The molecule has 0 atom stereocenters. The normalized spacial score (nSPS) is 17.9. The highest BCUT2D eigenvalue weighted by Gasteiger charge is 2.20. The summed E-state index contributed by atoms with van der Waals surface area (Å²) < 4.78 is 22.3. The van der Waals surface area contributed by atoms with Crippen LogP contribution in [0.25, 0.3) is 0 Å². The number of hydrogen-bond donors (Lipinski definition) is 2. The average molecular weight is 275 g/mol. The fraction of sp³-hybridized carbons (Fsp3) is 0.250. The third kappa shape index (κ3) is 3.00. The monoisotopic (exact) mass is 275 g/mol. The van der Waals surface area contributed by atoms with Crippen molar-refractivity contribution in [1.82, 2.24) is 10.3 Å². The van der Waals surface area contributed by atoms with E-state index in [1.54, 1.807) is 12.3 Å². The lowest BCUT2D eigenvalue weighted by atomic mass is 10.5. The molecule has 16 heavy (non-hydrogen) atoms. The van der Waals surface area contributed by atoms with Crippen molar-refractivity contribution in [2.75, 3.05) is 16.8 Å². The Morgan fingerprint density at radius 2 is 2.31 bits per heavy atom. The molecule has 0 saturated heterocycles. The Bertz CT molecular complexity index is 519. The first kappa shape index (κ1) is 11.5. The van der Waals surface area contributed by atoms with Gasteiger partial charge in [0.05, 0.1) is 11.5 Å². The number of thiazole rings is 1. The van der Waals surface area contributed by atoms with E-state index >= 15 is 0 Å². The Balaban J connectivity index is 1.89. The van der Waals surface area contributed by atoms with E-state index in [1.165, 1.54) is 11.3 Å². The first-order chi connectivity index (χ1) is 7.55. The van der Waals surface area contributed by atoms with Crippen LogP contribution in [0.15, 0.2) is 23.3 Å². The predicted molar refractivity (Wildman–Crippen MR) is 68.2 cm³/mol. The van der Waals surface area contributed by atoms with Gasteiger partial charge in [-0.05, 0) is 18.3 Å². The van der Waals surface area contributed by atoms with E-state index in [4.69, 9.17) is 12.2 Å². The van der Waals surface area contributed by atoms with Crippen LogP contribution in [-0.4, -0.2) is 30.0 Å². The second kappa shape index (κ2) is 4.48. The van der Waals surface area contributed by atoms with E-state index in [0.29, 0.717) is 15.9 Å². The summed E-state index contributed by atoms with van der Waals surface area (Å²) in [5.41, 5.74) is 0.619. The molecule has 86 valence electrons. The van der Waals surface area contributed by atoms with Crippen molar-refractivity contribution in [1.29, 1.82) is 0 Å². The number of nitrogens with zero attached hydrogens (tertiary/aromatic N) is 1. The Morgan fingerprint density at radius 3 is 2.88 bits per heavy atom. The second-order valence-corrected chi connectivity index (χ2v) is 6.61. The van der Waals surface area contributed by atoms with Crippen molar-refractivity contribution < 1.29 is 8.42 Å². The number of aromatic nitrogens is 1. The summed E-state index contributed by atoms with van der Waals surface area (Å²) in [5.74, 6) is 0.0991. The van der Waals surface area contributed by atoms with Crippen LogP contribution in [0.5, 0.6) is 0 Å². The molecule has 8 heteroatoms. The number of hydrogen-bond acceptors (Lipinski definition) is 5. The molecule has 1 aliphatic rings. The van der Waals surface area contributed by atoms with Crippen LogP contribution in [-0.2, 0) is 9.84 Å². The van der Waals surface area contributed by atoms with Gasteiger partial charge in [0.15, 0.2) is 20.1 Å². The first-order valence-corrected chi connectivity index (χ1v) is 7.53. The minimum atomic E-state index is -2.96. The second-order valence-electron chi connectivity index (χ2n) is 3.20. The number of rotatable bonds is 2. The van der Waals surface area contributed by atoms with Crippen molar-refractivity contribution in [2.45, 2.75) is 0 Å². The Labute approximate surface area is 103 Å². The lowest BCUT2D eigenvalue weighted by Crippen LogP contribution is -2.28. The highest BCUT2D eigenvalue weighted by Crippen LogP contribution is 2.11. The van der Waals surface area contributed by atoms with E-state index in [1.807, 2.05) is 5.38 Å². The van der Waals surface area contributed by atoms with Gasteiger partial charge in [0.1, 0.15) is 0 Å². The summed E-state index contributed by atoms with van der Waals surface area (Å²) in [6.07, 6.45) is 3.29. The third-order valence-electron chi connectivity index (χ3n) is 1.89. The number of anilines is 1. The largest absolute Gasteiger partial charge is 0.335 e. The van der Waals surface area contributed by atoms with Crippen molar-refractivity contribution >= 4 is 43.6 Å². The molecule has 5 nitrogen and oxygen atoms in total. The van der Waals surface area contributed by atoms with Gasteiger partial charge < -0.3 is 10.6 Å². The van der Waals surface area contributed by atoms with Crippen LogP contribution in [0.4, 0.5) is 5.13 Å². The van der Waals surface area contributed by atoms with Crippen LogP contribution in [0, 0.1) is 0 Å². The fourth-order valence-electron chi connectivity index (χ4n) is 1.23. The van der Waals surface area contributed by atoms with Gasteiger partial charge in [-0.15, -0.1) is 11.3 Å². The van der Waals surface area contributed by atoms with E-state index < -0.39 is 9.84 Å². The van der Waals surface area contributed by atoms with Gasteiger partial charge in [0, 0.05) is 17.3 Å².